The van der Waals surface area contributed by atoms with Crippen molar-refractivity contribution in [1.29, 1.82) is 0 Å². The highest BCUT2D eigenvalue weighted by atomic mass is 32.2. The number of nitrogens with zero attached hydrogens (tertiary/aromatic N) is 2. The fourth-order valence-corrected chi connectivity index (χ4v) is 3.97. The molecule has 1 aromatic heterocycles. The summed E-state index contributed by atoms with van der Waals surface area (Å²) in [6.45, 7) is 1.36. The van der Waals surface area contributed by atoms with Gasteiger partial charge in [-0.05, 0) is 12.8 Å². The van der Waals surface area contributed by atoms with Crippen LogP contribution in [0.2, 0.25) is 0 Å². The van der Waals surface area contributed by atoms with Crippen molar-refractivity contribution < 1.29 is 9.26 Å². The topological polar surface area (TPSA) is 74.2 Å². The van der Waals surface area contributed by atoms with Gasteiger partial charge in [-0.2, -0.15) is 16.7 Å². The molecule has 20 heavy (non-hydrogen) atoms. The Morgan fingerprint density at radius 2 is 2.05 bits per heavy atom. The summed E-state index contributed by atoms with van der Waals surface area (Å²) < 4.78 is 11.3. The minimum absolute atomic E-state index is 0.0214. The Morgan fingerprint density at radius 3 is 2.70 bits per heavy atom. The molecule has 1 atom stereocenters. The van der Waals surface area contributed by atoms with E-state index in [1.54, 1.807) is 0 Å². The van der Waals surface area contributed by atoms with Crippen LogP contribution in [0.1, 0.15) is 56.3 Å². The van der Waals surface area contributed by atoms with E-state index >= 15 is 0 Å². The summed E-state index contributed by atoms with van der Waals surface area (Å²) in [7, 11) is 0. The standard InChI is InChI=1S/C14H23N3O2S/c15-10-14(5-3-1-2-4-6-14)13-16-12(17-19-13)11-9-20-8-7-18-11/h11H,1-10,15H2. The second-order valence-corrected chi connectivity index (χ2v) is 6.94. The second kappa shape index (κ2) is 6.45. The molecule has 1 aromatic rings. The molecule has 5 nitrogen and oxygen atoms in total. The molecule has 2 aliphatic rings. The predicted octanol–water partition coefficient (Wildman–Crippen LogP) is 2.42. The van der Waals surface area contributed by atoms with E-state index in [-0.39, 0.29) is 11.5 Å². The predicted molar refractivity (Wildman–Crippen MR) is 78.8 cm³/mol. The molecule has 0 radical (unpaired) electrons. The van der Waals surface area contributed by atoms with Crippen LogP contribution < -0.4 is 5.73 Å². The summed E-state index contributed by atoms with van der Waals surface area (Å²) >= 11 is 1.88. The highest BCUT2D eigenvalue weighted by molar-refractivity contribution is 7.99. The normalized spacial score (nSPS) is 27.1. The smallest absolute Gasteiger partial charge is 0.234 e. The maximum absolute atomic E-state index is 6.06. The summed E-state index contributed by atoms with van der Waals surface area (Å²) in [5.41, 5.74) is 5.96. The first-order chi connectivity index (χ1) is 9.84. The average Bonchev–Trinajstić information content (AvgIpc) is 2.88. The first-order valence-corrected chi connectivity index (χ1v) is 8.73. The van der Waals surface area contributed by atoms with Gasteiger partial charge in [-0.25, -0.2) is 0 Å². The lowest BCUT2D eigenvalue weighted by molar-refractivity contribution is 0.0677. The number of hydrogen-bond acceptors (Lipinski definition) is 6. The van der Waals surface area contributed by atoms with E-state index in [0.29, 0.717) is 12.4 Å². The summed E-state index contributed by atoms with van der Waals surface area (Å²) in [5.74, 6) is 3.39. The molecule has 3 rings (SSSR count). The molecule has 1 saturated carbocycles. The van der Waals surface area contributed by atoms with Gasteiger partial charge in [-0.1, -0.05) is 30.8 Å². The van der Waals surface area contributed by atoms with Gasteiger partial charge in [0, 0.05) is 18.1 Å². The van der Waals surface area contributed by atoms with Gasteiger partial charge in [0.15, 0.2) is 0 Å². The van der Waals surface area contributed by atoms with E-state index in [4.69, 9.17) is 15.0 Å². The summed E-state index contributed by atoms with van der Waals surface area (Å²) in [6.07, 6.45) is 7.06. The largest absolute Gasteiger partial charge is 0.368 e. The molecular weight excluding hydrogens is 274 g/mol. The van der Waals surface area contributed by atoms with E-state index in [0.717, 1.165) is 36.8 Å². The number of ether oxygens (including phenoxy) is 1. The van der Waals surface area contributed by atoms with Gasteiger partial charge in [0.2, 0.25) is 11.7 Å². The molecule has 1 unspecified atom stereocenters. The molecule has 1 saturated heterocycles. The highest BCUT2D eigenvalue weighted by Crippen LogP contribution is 2.37. The van der Waals surface area contributed by atoms with E-state index in [1.165, 1.54) is 25.7 Å². The monoisotopic (exact) mass is 297 g/mol. The second-order valence-electron chi connectivity index (χ2n) is 5.79. The van der Waals surface area contributed by atoms with Crippen molar-refractivity contribution >= 4 is 11.8 Å². The zero-order valence-corrected chi connectivity index (χ0v) is 12.7. The molecule has 2 N–H and O–H groups in total. The van der Waals surface area contributed by atoms with Crippen LogP contribution in [0.15, 0.2) is 4.52 Å². The molecule has 0 spiro atoms. The summed E-state index contributed by atoms with van der Waals surface area (Å²) in [6, 6.07) is 0. The fraction of sp³-hybridized carbons (Fsp3) is 0.857. The van der Waals surface area contributed by atoms with Gasteiger partial charge in [0.1, 0.15) is 6.10 Å². The lowest BCUT2D eigenvalue weighted by Gasteiger charge is -2.26. The third kappa shape index (κ3) is 2.87. The third-order valence-corrected chi connectivity index (χ3v) is 5.44. The molecule has 1 aliphatic carbocycles. The number of nitrogens with two attached hydrogens (primary N) is 1. The van der Waals surface area contributed by atoms with Crippen molar-refractivity contribution in [2.75, 3.05) is 24.7 Å². The minimum atomic E-state index is -0.108. The molecule has 6 heteroatoms. The fourth-order valence-electron chi connectivity index (χ4n) is 3.13. The molecular formula is C14H23N3O2S. The Kier molecular flexibility index (Phi) is 4.63. The molecule has 0 bridgehead atoms. The highest BCUT2D eigenvalue weighted by Gasteiger charge is 2.38. The number of hydrogen-bond donors (Lipinski definition) is 1. The van der Waals surface area contributed by atoms with E-state index in [9.17, 15) is 0 Å². The zero-order chi connectivity index (χ0) is 13.8. The van der Waals surface area contributed by atoms with Crippen LogP contribution in [0.25, 0.3) is 0 Å². The zero-order valence-electron chi connectivity index (χ0n) is 11.8. The van der Waals surface area contributed by atoms with Gasteiger partial charge in [-0.3, -0.25) is 0 Å². The van der Waals surface area contributed by atoms with E-state index in [1.807, 2.05) is 11.8 Å². The van der Waals surface area contributed by atoms with Gasteiger partial charge in [0.05, 0.1) is 12.0 Å². The van der Waals surface area contributed by atoms with Crippen molar-refractivity contribution in [3.63, 3.8) is 0 Å². The van der Waals surface area contributed by atoms with Crippen LogP contribution in [0.5, 0.6) is 0 Å². The lowest BCUT2D eigenvalue weighted by Crippen LogP contribution is -2.35. The SMILES string of the molecule is NCC1(c2nc(C3CSCCO3)no2)CCCCCC1. The number of thioether (sulfide) groups is 1. The van der Waals surface area contributed by atoms with Gasteiger partial charge in [-0.15, -0.1) is 0 Å². The Labute approximate surface area is 124 Å². The molecule has 2 heterocycles. The molecule has 2 fully saturated rings. The molecule has 1 aliphatic heterocycles. The Hall–Kier alpha value is -0.590. The van der Waals surface area contributed by atoms with Gasteiger partial charge < -0.3 is 15.0 Å². The van der Waals surface area contributed by atoms with Crippen molar-refractivity contribution in [1.82, 2.24) is 10.1 Å². The lowest BCUT2D eigenvalue weighted by atomic mass is 9.80. The van der Waals surface area contributed by atoms with Crippen LogP contribution in [0.3, 0.4) is 0 Å². The Balaban J connectivity index is 1.79. The molecule has 0 amide bonds. The summed E-state index contributed by atoms with van der Waals surface area (Å²) in [5, 5.41) is 4.16. The van der Waals surface area contributed by atoms with Crippen LogP contribution >= 0.6 is 11.8 Å². The Morgan fingerprint density at radius 1 is 1.25 bits per heavy atom. The quantitative estimate of drug-likeness (QED) is 0.864. The number of aromatic nitrogens is 2. The maximum atomic E-state index is 6.06. The summed E-state index contributed by atoms with van der Waals surface area (Å²) in [4.78, 5) is 4.65. The van der Waals surface area contributed by atoms with E-state index in [2.05, 4.69) is 10.1 Å². The first-order valence-electron chi connectivity index (χ1n) is 7.58. The van der Waals surface area contributed by atoms with Crippen molar-refractivity contribution in [3.8, 4) is 0 Å². The van der Waals surface area contributed by atoms with Crippen LogP contribution in [0.4, 0.5) is 0 Å². The van der Waals surface area contributed by atoms with Crippen LogP contribution in [-0.2, 0) is 10.2 Å². The third-order valence-electron chi connectivity index (χ3n) is 4.45. The molecule has 112 valence electrons. The van der Waals surface area contributed by atoms with Gasteiger partial charge in [0.25, 0.3) is 0 Å². The van der Waals surface area contributed by atoms with Crippen molar-refractivity contribution in [2.24, 2.45) is 5.73 Å². The first kappa shape index (κ1) is 14.4. The Bertz CT molecular complexity index is 424. The molecule has 0 aromatic carbocycles. The van der Waals surface area contributed by atoms with Crippen LogP contribution in [0, 0.1) is 0 Å². The number of rotatable bonds is 3. The minimum Gasteiger partial charge on any atom is -0.368 e. The van der Waals surface area contributed by atoms with Crippen molar-refractivity contribution in [3.05, 3.63) is 11.7 Å². The average molecular weight is 297 g/mol. The maximum Gasteiger partial charge on any atom is 0.234 e. The van der Waals surface area contributed by atoms with Crippen molar-refractivity contribution in [2.45, 2.75) is 50.0 Å². The van der Waals surface area contributed by atoms with Crippen LogP contribution in [-0.4, -0.2) is 34.8 Å². The van der Waals surface area contributed by atoms with Gasteiger partial charge >= 0.3 is 0 Å². The van der Waals surface area contributed by atoms with E-state index < -0.39 is 0 Å².